The van der Waals surface area contributed by atoms with Crippen molar-refractivity contribution in [3.05, 3.63) is 0 Å². The highest BCUT2D eigenvalue weighted by molar-refractivity contribution is 7.91. The summed E-state index contributed by atoms with van der Waals surface area (Å²) in [5.41, 5.74) is 4.94. The number of likely N-dealkylation sites (N-methyl/N-ethyl adjacent to an activating group) is 1. The van der Waals surface area contributed by atoms with Gasteiger partial charge in [0.05, 0.1) is 30.6 Å². The van der Waals surface area contributed by atoms with Crippen molar-refractivity contribution in [1.82, 2.24) is 4.90 Å². The first-order chi connectivity index (χ1) is 9.76. The van der Waals surface area contributed by atoms with Crippen LogP contribution in [0.15, 0.2) is 0 Å². The van der Waals surface area contributed by atoms with E-state index in [4.69, 9.17) is 15.6 Å². The lowest BCUT2D eigenvalue weighted by Crippen LogP contribution is -2.45. The predicted octanol–water partition coefficient (Wildman–Crippen LogP) is -1.30. The standard InChI is InChI=1S/C12H22N2O6S/c1-2-14(10-8-20-7-9(10)12(16)17)4-6-21(18,19)5-3-11(13)15/h9-10H,2-8H2,1H3,(H2,13,15)(H,16,17). The van der Waals surface area contributed by atoms with Gasteiger partial charge in [-0.1, -0.05) is 6.92 Å². The maximum Gasteiger partial charge on any atom is 0.310 e. The molecule has 1 heterocycles. The highest BCUT2D eigenvalue weighted by Crippen LogP contribution is 2.20. The minimum absolute atomic E-state index is 0.128. The van der Waals surface area contributed by atoms with E-state index in [1.54, 1.807) is 4.90 Å². The second-order valence-electron chi connectivity index (χ2n) is 5.05. The Kier molecular flexibility index (Phi) is 6.56. The van der Waals surface area contributed by atoms with Crippen molar-refractivity contribution in [2.75, 3.05) is 37.8 Å². The lowest BCUT2D eigenvalue weighted by atomic mass is 10.0. The minimum Gasteiger partial charge on any atom is -0.481 e. The van der Waals surface area contributed by atoms with Gasteiger partial charge in [-0.25, -0.2) is 8.42 Å². The number of amides is 1. The van der Waals surface area contributed by atoms with Crippen molar-refractivity contribution in [2.45, 2.75) is 19.4 Å². The molecule has 0 aromatic rings. The maximum atomic E-state index is 11.8. The zero-order valence-electron chi connectivity index (χ0n) is 12.0. The van der Waals surface area contributed by atoms with Gasteiger partial charge in [0.2, 0.25) is 5.91 Å². The number of aliphatic carboxylic acids is 1. The summed E-state index contributed by atoms with van der Waals surface area (Å²) < 4.78 is 28.8. The fourth-order valence-electron chi connectivity index (χ4n) is 2.31. The third-order valence-electron chi connectivity index (χ3n) is 3.59. The molecular formula is C12H22N2O6S. The summed E-state index contributed by atoms with van der Waals surface area (Å²) in [5, 5.41) is 9.13. The Morgan fingerprint density at radius 3 is 2.52 bits per heavy atom. The summed E-state index contributed by atoms with van der Waals surface area (Å²) in [6.45, 7) is 3.02. The number of carboxylic acids is 1. The quantitative estimate of drug-likeness (QED) is 0.540. The van der Waals surface area contributed by atoms with E-state index >= 15 is 0 Å². The minimum atomic E-state index is -3.38. The van der Waals surface area contributed by atoms with Gasteiger partial charge in [-0.2, -0.15) is 0 Å². The molecule has 21 heavy (non-hydrogen) atoms. The molecule has 1 aliphatic rings. The second kappa shape index (κ2) is 7.71. The first-order valence-corrected chi connectivity index (χ1v) is 8.62. The predicted molar refractivity (Wildman–Crippen MR) is 75.4 cm³/mol. The van der Waals surface area contributed by atoms with Crippen LogP contribution in [0.3, 0.4) is 0 Å². The highest BCUT2D eigenvalue weighted by Gasteiger charge is 2.37. The van der Waals surface area contributed by atoms with Crippen LogP contribution in [0.4, 0.5) is 0 Å². The lowest BCUT2D eigenvalue weighted by Gasteiger charge is -2.28. The SMILES string of the molecule is CCN(CCS(=O)(=O)CCC(N)=O)C1COCC1C(=O)O. The Balaban J connectivity index is 2.58. The van der Waals surface area contributed by atoms with Gasteiger partial charge in [-0.15, -0.1) is 0 Å². The Morgan fingerprint density at radius 2 is 2.00 bits per heavy atom. The molecule has 122 valence electrons. The Hall–Kier alpha value is -1.19. The molecule has 1 fully saturated rings. The summed E-state index contributed by atoms with van der Waals surface area (Å²) in [7, 11) is -3.38. The Bertz CT molecular complexity index is 478. The van der Waals surface area contributed by atoms with E-state index in [0.717, 1.165) is 0 Å². The smallest absolute Gasteiger partial charge is 0.310 e. The van der Waals surface area contributed by atoms with Crippen LogP contribution in [0, 0.1) is 5.92 Å². The van der Waals surface area contributed by atoms with Crippen molar-refractivity contribution in [3.63, 3.8) is 0 Å². The number of nitrogens with two attached hydrogens (primary N) is 1. The van der Waals surface area contributed by atoms with E-state index in [2.05, 4.69) is 0 Å². The van der Waals surface area contributed by atoms with E-state index in [0.29, 0.717) is 6.54 Å². The average molecular weight is 322 g/mol. The molecule has 3 N–H and O–H groups in total. The Morgan fingerprint density at radius 1 is 1.33 bits per heavy atom. The molecule has 0 aliphatic carbocycles. The van der Waals surface area contributed by atoms with Crippen LogP contribution in [0.2, 0.25) is 0 Å². The molecule has 1 aliphatic heterocycles. The van der Waals surface area contributed by atoms with Gasteiger partial charge in [0.15, 0.2) is 9.84 Å². The van der Waals surface area contributed by atoms with Gasteiger partial charge >= 0.3 is 5.97 Å². The molecule has 9 heteroatoms. The number of nitrogens with zero attached hydrogens (tertiary/aromatic N) is 1. The van der Waals surface area contributed by atoms with Crippen LogP contribution in [0.1, 0.15) is 13.3 Å². The van der Waals surface area contributed by atoms with E-state index in [9.17, 15) is 18.0 Å². The molecule has 0 aromatic heterocycles. The first kappa shape index (κ1) is 17.9. The highest BCUT2D eigenvalue weighted by atomic mass is 32.2. The van der Waals surface area contributed by atoms with Crippen LogP contribution in [-0.2, 0) is 24.2 Å². The van der Waals surface area contributed by atoms with Crippen LogP contribution in [0.25, 0.3) is 0 Å². The molecule has 8 nitrogen and oxygen atoms in total. The van der Waals surface area contributed by atoms with Crippen molar-refractivity contribution < 1.29 is 27.9 Å². The topological polar surface area (TPSA) is 127 Å². The van der Waals surface area contributed by atoms with Gasteiger partial charge in [0.25, 0.3) is 0 Å². The molecule has 0 radical (unpaired) electrons. The van der Waals surface area contributed by atoms with Gasteiger partial charge in [0, 0.05) is 19.0 Å². The van der Waals surface area contributed by atoms with Gasteiger partial charge in [-0.3, -0.25) is 14.5 Å². The van der Waals surface area contributed by atoms with Gasteiger partial charge in [0.1, 0.15) is 0 Å². The van der Waals surface area contributed by atoms with Gasteiger partial charge in [-0.05, 0) is 6.54 Å². The number of hydrogen-bond acceptors (Lipinski definition) is 6. The zero-order chi connectivity index (χ0) is 16.0. The van der Waals surface area contributed by atoms with Crippen LogP contribution >= 0.6 is 0 Å². The molecule has 0 aromatic carbocycles. The molecule has 1 amide bonds. The number of rotatable bonds is 9. The fraction of sp³-hybridized carbons (Fsp3) is 0.833. The molecule has 1 rings (SSSR count). The maximum absolute atomic E-state index is 11.8. The number of ether oxygens (including phenoxy) is 1. The molecule has 1 saturated heterocycles. The average Bonchev–Trinajstić information content (AvgIpc) is 2.87. The van der Waals surface area contributed by atoms with Crippen molar-refractivity contribution >= 4 is 21.7 Å². The summed E-state index contributed by atoms with van der Waals surface area (Å²) in [4.78, 5) is 23.6. The first-order valence-electron chi connectivity index (χ1n) is 6.80. The molecule has 0 spiro atoms. The molecular weight excluding hydrogens is 300 g/mol. The number of sulfone groups is 1. The van der Waals surface area contributed by atoms with Crippen molar-refractivity contribution in [2.24, 2.45) is 11.7 Å². The van der Waals surface area contributed by atoms with E-state index in [-0.39, 0.29) is 43.7 Å². The number of primary amides is 1. The van der Waals surface area contributed by atoms with E-state index < -0.39 is 27.6 Å². The number of carbonyl (C=O) groups is 2. The molecule has 2 atom stereocenters. The number of carbonyl (C=O) groups excluding carboxylic acids is 1. The summed E-state index contributed by atoms with van der Waals surface area (Å²) in [6, 6.07) is -0.321. The van der Waals surface area contributed by atoms with Crippen molar-refractivity contribution in [1.29, 1.82) is 0 Å². The number of hydrogen-bond donors (Lipinski definition) is 2. The number of carboxylic acid groups (broad SMARTS) is 1. The summed E-state index contributed by atoms with van der Waals surface area (Å²) in [6.07, 6.45) is -0.196. The van der Waals surface area contributed by atoms with E-state index in [1.807, 2.05) is 6.92 Å². The van der Waals surface area contributed by atoms with Crippen LogP contribution in [0.5, 0.6) is 0 Å². The van der Waals surface area contributed by atoms with Crippen LogP contribution in [-0.4, -0.2) is 74.2 Å². The zero-order valence-corrected chi connectivity index (χ0v) is 12.8. The third-order valence-corrected chi connectivity index (χ3v) is 5.22. The van der Waals surface area contributed by atoms with Crippen molar-refractivity contribution in [3.8, 4) is 0 Å². The third kappa shape index (κ3) is 5.60. The van der Waals surface area contributed by atoms with Crippen LogP contribution < -0.4 is 5.73 Å². The normalized spacial score (nSPS) is 22.6. The summed E-state index contributed by atoms with van der Waals surface area (Å²) >= 11 is 0. The summed E-state index contributed by atoms with van der Waals surface area (Å²) in [5.74, 6) is -2.63. The second-order valence-corrected chi connectivity index (χ2v) is 7.35. The Labute approximate surface area is 124 Å². The van der Waals surface area contributed by atoms with E-state index in [1.165, 1.54) is 0 Å². The molecule has 2 unspecified atom stereocenters. The molecule has 0 bridgehead atoms. The largest absolute Gasteiger partial charge is 0.481 e. The monoisotopic (exact) mass is 322 g/mol. The van der Waals surface area contributed by atoms with Gasteiger partial charge < -0.3 is 15.6 Å². The fourth-order valence-corrected chi connectivity index (χ4v) is 3.54. The lowest BCUT2D eigenvalue weighted by molar-refractivity contribution is -0.143. The molecule has 0 saturated carbocycles.